The first-order chi connectivity index (χ1) is 17.9. The molecule has 8 heteroatoms. The van der Waals surface area contributed by atoms with Gasteiger partial charge in [0.05, 0.1) is 12.1 Å². The topological polar surface area (TPSA) is 119 Å². The van der Waals surface area contributed by atoms with Gasteiger partial charge in [-0.15, -0.1) is 0 Å². The number of hydrogen-bond acceptors (Lipinski definition) is 5. The largest absolute Gasteiger partial charge is 0.508 e. The highest BCUT2D eigenvalue weighted by Crippen LogP contribution is 2.27. The molecule has 38 heavy (non-hydrogen) atoms. The number of carbonyl (C=O) groups excluding carboxylic acids is 3. The molecule has 3 rings (SSSR count). The van der Waals surface area contributed by atoms with Crippen LogP contribution in [0.4, 0.5) is 5.69 Å². The third-order valence-corrected chi connectivity index (χ3v) is 6.85. The summed E-state index contributed by atoms with van der Waals surface area (Å²) in [4.78, 5) is 39.7. The second kappa shape index (κ2) is 12.9. The Balaban J connectivity index is 1.73. The Morgan fingerprint density at radius 2 is 1.82 bits per heavy atom. The van der Waals surface area contributed by atoms with Crippen molar-refractivity contribution >= 4 is 23.4 Å². The van der Waals surface area contributed by atoms with Gasteiger partial charge in [-0.1, -0.05) is 58.0 Å². The molecule has 1 heterocycles. The Morgan fingerprint density at radius 1 is 1.11 bits per heavy atom. The predicted octanol–water partition coefficient (Wildman–Crippen LogP) is 3.80. The van der Waals surface area contributed by atoms with E-state index in [0.717, 1.165) is 18.4 Å². The van der Waals surface area contributed by atoms with Crippen LogP contribution in [0.25, 0.3) is 0 Å². The highest BCUT2D eigenvalue weighted by Gasteiger charge is 2.28. The lowest BCUT2D eigenvalue weighted by molar-refractivity contribution is -0.125. The fourth-order valence-electron chi connectivity index (χ4n) is 4.57. The fraction of sp³-hybridized carbons (Fsp3) is 0.500. The number of benzene rings is 2. The molecular weight excluding hydrogens is 482 g/mol. The first-order valence-electron chi connectivity index (χ1n) is 13.4. The van der Waals surface area contributed by atoms with Gasteiger partial charge in [0, 0.05) is 42.7 Å². The van der Waals surface area contributed by atoms with Crippen LogP contribution in [-0.2, 0) is 16.0 Å². The third kappa shape index (κ3) is 8.58. The molecule has 0 spiro atoms. The van der Waals surface area contributed by atoms with Crippen LogP contribution in [0.5, 0.6) is 5.75 Å². The molecule has 3 atom stereocenters. The summed E-state index contributed by atoms with van der Waals surface area (Å²) in [5.74, 6) is -1.22. The number of phenolic OH excluding ortho intramolecular Hbond substituents is 1. The number of aliphatic hydroxyl groups excluding tert-OH is 1. The van der Waals surface area contributed by atoms with Gasteiger partial charge in [0.15, 0.2) is 0 Å². The number of nitrogens with one attached hydrogen (secondary N) is 2. The summed E-state index contributed by atoms with van der Waals surface area (Å²) in [7, 11) is 0. The molecule has 0 saturated carbocycles. The lowest BCUT2D eigenvalue weighted by atomic mass is 9.91. The monoisotopic (exact) mass is 523 g/mol. The van der Waals surface area contributed by atoms with Crippen molar-refractivity contribution in [3.8, 4) is 5.75 Å². The van der Waals surface area contributed by atoms with Gasteiger partial charge in [0.2, 0.25) is 11.8 Å². The van der Waals surface area contributed by atoms with Crippen molar-refractivity contribution in [3.63, 3.8) is 0 Å². The van der Waals surface area contributed by atoms with E-state index in [1.807, 2.05) is 30.3 Å². The van der Waals surface area contributed by atoms with E-state index in [2.05, 4.69) is 31.4 Å². The smallest absolute Gasteiger partial charge is 0.251 e. The summed E-state index contributed by atoms with van der Waals surface area (Å²) in [5, 5.41) is 27.3. The lowest BCUT2D eigenvalue weighted by Gasteiger charge is -2.27. The molecule has 2 aromatic carbocycles. The maximum absolute atomic E-state index is 13.3. The van der Waals surface area contributed by atoms with E-state index in [0.29, 0.717) is 31.6 Å². The van der Waals surface area contributed by atoms with E-state index in [-0.39, 0.29) is 35.0 Å². The Hall–Kier alpha value is -3.39. The summed E-state index contributed by atoms with van der Waals surface area (Å²) in [6.45, 7) is 9.21. The number of aliphatic hydroxyl groups is 1. The third-order valence-electron chi connectivity index (χ3n) is 6.85. The lowest BCUT2D eigenvalue weighted by Crippen LogP contribution is -2.46. The fourth-order valence-corrected chi connectivity index (χ4v) is 4.57. The minimum Gasteiger partial charge on any atom is -0.508 e. The molecule has 206 valence electrons. The minimum absolute atomic E-state index is 0.0471. The molecule has 2 aromatic rings. The average molecular weight is 524 g/mol. The molecule has 0 bridgehead atoms. The van der Waals surface area contributed by atoms with Gasteiger partial charge < -0.3 is 25.7 Å². The molecule has 1 aliphatic rings. The molecule has 8 nitrogen and oxygen atoms in total. The number of nitrogens with zero attached hydrogens (tertiary/aromatic N) is 1. The Kier molecular flexibility index (Phi) is 9.91. The normalized spacial score (nSPS) is 16.1. The highest BCUT2D eigenvalue weighted by atomic mass is 16.3. The predicted molar refractivity (Wildman–Crippen MR) is 148 cm³/mol. The SMILES string of the molecule is C[C@H](C[C@@H](O)[C@H](Cc1ccccc1)NC(=O)c1cc(O)cc(N2CCCC2=O)c1)C(=O)NCCC(C)(C)C. The van der Waals surface area contributed by atoms with Gasteiger partial charge in [0.1, 0.15) is 5.75 Å². The molecule has 1 saturated heterocycles. The standard InChI is InChI=1S/C30H41N3O5/c1-20(28(37)31-13-12-30(2,3)4)15-26(35)25(16-21-9-6-5-7-10-21)32-29(38)22-17-23(19-24(34)18-22)33-14-8-11-27(33)36/h5-7,9-10,17-20,25-26,34-35H,8,11-16H2,1-4H3,(H,31,37)(H,32,38)/t20-,25+,26-/m1/s1. The van der Waals surface area contributed by atoms with Gasteiger partial charge in [-0.05, 0) is 48.8 Å². The van der Waals surface area contributed by atoms with E-state index in [1.54, 1.807) is 17.9 Å². The summed E-state index contributed by atoms with van der Waals surface area (Å²) in [6, 6.07) is 13.2. The average Bonchev–Trinajstić information content (AvgIpc) is 3.28. The Labute approximate surface area is 225 Å². The van der Waals surface area contributed by atoms with Crippen molar-refractivity contribution in [2.45, 2.75) is 71.9 Å². The molecular formula is C30H41N3O5. The van der Waals surface area contributed by atoms with Crippen LogP contribution in [0.2, 0.25) is 0 Å². The first kappa shape index (κ1) is 29.2. The zero-order chi connectivity index (χ0) is 27.9. The van der Waals surface area contributed by atoms with Gasteiger partial charge in [-0.2, -0.15) is 0 Å². The van der Waals surface area contributed by atoms with E-state index in [9.17, 15) is 24.6 Å². The minimum atomic E-state index is -0.987. The van der Waals surface area contributed by atoms with Gasteiger partial charge in [0.25, 0.3) is 5.91 Å². The molecule has 1 aliphatic heterocycles. The van der Waals surface area contributed by atoms with Crippen molar-refractivity contribution in [3.05, 3.63) is 59.7 Å². The van der Waals surface area contributed by atoms with E-state index in [4.69, 9.17) is 0 Å². The Bertz CT molecular complexity index is 1110. The van der Waals surface area contributed by atoms with Crippen LogP contribution in [0, 0.1) is 11.3 Å². The molecule has 0 aliphatic carbocycles. The summed E-state index contributed by atoms with van der Waals surface area (Å²) >= 11 is 0. The number of carbonyl (C=O) groups is 3. The van der Waals surface area contributed by atoms with E-state index >= 15 is 0 Å². The Morgan fingerprint density at radius 3 is 2.45 bits per heavy atom. The van der Waals surface area contributed by atoms with Crippen LogP contribution in [0.1, 0.15) is 69.3 Å². The van der Waals surface area contributed by atoms with Crippen LogP contribution in [-0.4, -0.2) is 53.2 Å². The summed E-state index contributed by atoms with van der Waals surface area (Å²) in [6.07, 6.45) is 1.55. The van der Waals surface area contributed by atoms with Crippen LogP contribution in [0.3, 0.4) is 0 Å². The number of rotatable bonds is 11. The first-order valence-corrected chi connectivity index (χ1v) is 13.4. The van der Waals surface area contributed by atoms with Crippen molar-refractivity contribution in [1.29, 1.82) is 0 Å². The molecule has 4 N–H and O–H groups in total. The quantitative estimate of drug-likeness (QED) is 0.357. The second-order valence-corrected chi connectivity index (χ2v) is 11.5. The van der Waals surface area contributed by atoms with Gasteiger partial charge in [-0.25, -0.2) is 0 Å². The zero-order valence-electron chi connectivity index (χ0n) is 22.9. The summed E-state index contributed by atoms with van der Waals surface area (Å²) < 4.78 is 0. The molecule has 1 fully saturated rings. The highest BCUT2D eigenvalue weighted by molar-refractivity contribution is 5.99. The summed E-state index contributed by atoms with van der Waals surface area (Å²) in [5.41, 5.74) is 1.70. The van der Waals surface area contributed by atoms with Crippen molar-refractivity contribution in [2.24, 2.45) is 11.3 Å². The molecule has 0 aromatic heterocycles. The van der Waals surface area contributed by atoms with Crippen LogP contribution >= 0.6 is 0 Å². The number of phenols is 1. The number of hydrogen-bond donors (Lipinski definition) is 4. The van der Waals surface area contributed by atoms with Crippen molar-refractivity contribution in [2.75, 3.05) is 18.0 Å². The molecule has 0 unspecified atom stereocenters. The molecule has 3 amide bonds. The molecule has 0 radical (unpaired) electrons. The number of amides is 3. The maximum Gasteiger partial charge on any atom is 0.251 e. The van der Waals surface area contributed by atoms with E-state index < -0.39 is 24.0 Å². The maximum atomic E-state index is 13.3. The second-order valence-electron chi connectivity index (χ2n) is 11.5. The van der Waals surface area contributed by atoms with Crippen molar-refractivity contribution in [1.82, 2.24) is 10.6 Å². The van der Waals surface area contributed by atoms with Crippen LogP contribution in [0.15, 0.2) is 48.5 Å². The van der Waals surface area contributed by atoms with Gasteiger partial charge in [-0.3, -0.25) is 14.4 Å². The zero-order valence-corrected chi connectivity index (χ0v) is 22.9. The van der Waals surface area contributed by atoms with Crippen LogP contribution < -0.4 is 15.5 Å². The van der Waals surface area contributed by atoms with Gasteiger partial charge >= 0.3 is 0 Å². The number of aromatic hydroxyl groups is 1. The van der Waals surface area contributed by atoms with Crippen molar-refractivity contribution < 1.29 is 24.6 Å². The van der Waals surface area contributed by atoms with E-state index in [1.165, 1.54) is 12.1 Å². The number of anilines is 1.